The maximum atomic E-state index is 10.5. The number of nitrogens with one attached hydrogen (secondary N) is 1. The fourth-order valence-corrected chi connectivity index (χ4v) is 1.05. The van der Waals surface area contributed by atoms with Crippen molar-refractivity contribution >= 4 is 11.4 Å². The average molecular weight is 182 g/mol. The molecule has 0 saturated heterocycles. The first-order chi connectivity index (χ1) is 6.19. The third kappa shape index (κ3) is 1.94. The third-order valence-corrected chi connectivity index (χ3v) is 1.74. The summed E-state index contributed by atoms with van der Waals surface area (Å²) >= 11 is 0. The number of nitro benzene ring substituents is 1. The third-order valence-electron chi connectivity index (χ3n) is 1.74. The van der Waals surface area contributed by atoms with Gasteiger partial charge in [-0.2, -0.15) is 0 Å². The van der Waals surface area contributed by atoms with Crippen molar-refractivity contribution in [3.05, 3.63) is 33.9 Å². The Morgan fingerprint density at radius 2 is 2.31 bits per heavy atom. The fourth-order valence-electron chi connectivity index (χ4n) is 1.05. The number of aliphatic hydroxyl groups excluding tert-OH is 1. The molecule has 0 spiro atoms. The topological polar surface area (TPSA) is 75.4 Å². The first kappa shape index (κ1) is 9.47. The van der Waals surface area contributed by atoms with Crippen molar-refractivity contribution in [1.82, 2.24) is 0 Å². The second kappa shape index (κ2) is 3.86. The van der Waals surface area contributed by atoms with Crippen LogP contribution in [0.15, 0.2) is 18.2 Å². The molecular formula is C8H10N2O3. The van der Waals surface area contributed by atoms with E-state index in [0.717, 1.165) is 5.69 Å². The highest BCUT2D eigenvalue weighted by Crippen LogP contribution is 2.22. The fraction of sp³-hybridized carbons (Fsp3) is 0.250. The Morgan fingerprint density at radius 3 is 2.77 bits per heavy atom. The number of nitrogens with zero attached hydrogens (tertiary/aromatic N) is 1. The Balaban J connectivity index is 3.15. The van der Waals surface area contributed by atoms with Crippen molar-refractivity contribution in [2.24, 2.45) is 0 Å². The van der Waals surface area contributed by atoms with Gasteiger partial charge in [-0.25, -0.2) is 0 Å². The lowest BCUT2D eigenvalue weighted by Gasteiger charge is -2.02. The van der Waals surface area contributed by atoms with Gasteiger partial charge in [-0.15, -0.1) is 0 Å². The van der Waals surface area contributed by atoms with E-state index in [2.05, 4.69) is 5.32 Å². The van der Waals surface area contributed by atoms with Crippen LogP contribution in [0.3, 0.4) is 0 Å². The van der Waals surface area contributed by atoms with Crippen LogP contribution in [-0.2, 0) is 6.61 Å². The minimum atomic E-state index is -0.509. The number of benzene rings is 1. The molecule has 0 aliphatic carbocycles. The molecule has 0 heterocycles. The van der Waals surface area contributed by atoms with Crippen molar-refractivity contribution in [3.8, 4) is 0 Å². The van der Waals surface area contributed by atoms with Crippen LogP contribution in [-0.4, -0.2) is 17.1 Å². The highest BCUT2D eigenvalue weighted by atomic mass is 16.6. The molecule has 0 radical (unpaired) electrons. The number of anilines is 1. The first-order valence-corrected chi connectivity index (χ1v) is 3.75. The second-order valence-corrected chi connectivity index (χ2v) is 2.51. The minimum absolute atomic E-state index is 0.0542. The molecule has 5 nitrogen and oxygen atoms in total. The van der Waals surface area contributed by atoms with E-state index in [0.29, 0.717) is 5.56 Å². The van der Waals surface area contributed by atoms with Crippen LogP contribution < -0.4 is 5.32 Å². The molecular weight excluding hydrogens is 172 g/mol. The molecule has 1 rings (SSSR count). The summed E-state index contributed by atoms with van der Waals surface area (Å²) in [6, 6.07) is 4.52. The maximum absolute atomic E-state index is 10.5. The van der Waals surface area contributed by atoms with Gasteiger partial charge in [0, 0.05) is 18.8 Å². The normalized spacial score (nSPS) is 9.69. The highest BCUT2D eigenvalue weighted by molar-refractivity contribution is 5.53. The largest absolute Gasteiger partial charge is 0.391 e. The van der Waals surface area contributed by atoms with Crippen molar-refractivity contribution in [3.63, 3.8) is 0 Å². The van der Waals surface area contributed by atoms with E-state index in [-0.39, 0.29) is 12.3 Å². The molecule has 0 saturated carbocycles. The van der Waals surface area contributed by atoms with E-state index in [1.165, 1.54) is 6.07 Å². The summed E-state index contributed by atoms with van der Waals surface area (Å²) in [5.41, 5.74) is 1.01. The lowest BCUT2D eigenvalue weighted by molar-refractivity contribution is -0.385. The number of hydrogen-bond donors (Lipinski definition) is 2. The van der Waals surface area contributed by atoms with Gasteiger partial charge in [0.15, 0.2) is 0 Å². The molecule has 0 aliphatic rings. The summed E-state index contributed by atoms with van der Waals surface area (Å²) in [7, 11) is 1.71. The Labute approximate surface area is 75.2 Å². The SMILES string of the molecule is CNc1ccc([N+](=O)[O-])c(CO)c1. The summed E-state index contributed by atoms with van der Waals surface area (Å²) in [5, 5.41) is 22.1. The zero-order valence-electron chi connectivity index (χ0n) is 7.15. The zero-order valence-corrected chi connectivity index (χ0v) is 7.15. The molecule has 0 aromatic heterocycles. The standard InChI is InChI=1S/C8H10N2O3/c1-9-7-2-3-8(10(12)13)6(4-7)5-11/h2-4,9,11H,5H2,1H3. The summed E-state index contributed by atoms with van der Waals surface area (Å²) in [4.78, 5) is 9.95. The van der Waals surface area contributed by atoms with Gasteiger partial charge < -0.3 is 10.4 Å². The lowest BCUT2D eigenvalue weighted by atomic mass is 10.1. The summed E-state index contributed by atoms with van der Waals surface area (Å²) in [5.74, 6) is 0. The lowest BCUT2D eigenvalue weighted by Crippen LogP contribution is -1.97. The Kier molecular flexibility index (Phi) is 2.81. The highest BCUT2D eigenvalue weighted by Gasteiger charge is 2.12. The van der Waals surface area contributed by atoms with Crippen LogP contribution in [0.2, 0.25) is 0 Å². The van der Waals surface area contributed by atoms with E-state index in [9.17, 15) is 10.1 Å². The van der Waals surface area contributed by atoms with E-state index in [4.69, 9.17) is 5.11 Å². The predicted octanol–water partition coefficient (Wildman–Crippen LogP) is 1.13. The van der Waals surface area contributed by atoms with Crippen LogP contribution in [0.1, 0.15) is 5.56 Å². The molecule has 0 fully saturated rings. The predicted molar refractivity (Wildman–Crippen MR) is 48.6 cm³/mol. The average Bonchev–Trinajstić information content (AvgIpc) is 2.16. The van der Waals surface area contributed by atoms with Gasteiger partial charge in [-0.3, -0.25) is 10.1 Å². The Morgan fingerprint density at radius 1 is 1.62 bits per heavy atom. The van der Waals surface area contributed by atoms with E-state index < -0.39 is 4.92 Å². The molecule has 1 aromatic carbocycles. The van der Waals surface area contributed by atoms with Crippen LogP contribution >= 0.6 is 0 Å². The Hall–Kier alpha value is -1.62. The molecule has 0 atom stereocenters. The molecule has 0 bridgehead atoms. The van der Waals surface area contributed by atoms with Gasteiger partial charge in [0.25, 0.3) is 5.69 Å². The molecule has 1 aromatic rings. The number of aliphatic hydroxyl groups is 1. The number of hydrogen-bond acceptors (Lipinski definition) is 4. The van der Waals surface area contributed by atoms with Crippen LogP contribution in [0, 0.1) is 10.1 Å². The smallest absolute Gasteiger partial charge is 0.275 e. The van der Waals surface area contributed by atoms with Gasteiger partial charge in [0.05, 0.1) is 17.1 Å². The van der Waals surface area contributed by atoms with Crippen molar-refractivity contribution < 1.29 is 10.0 Å². The van der Waals surface area contributed by atoms with Gasteiger partial charge >= 0.3 is 0 Å². The number of rotatable bonds is 3. The summed E-state index contributed by atoms with van der Waals surface area (Å²) in [6.07, 6.45) is 0. The minimum Gasteiger partial charge on any atom is -0.391 e. The van der Waals surface area contributed by atoms with E-state index in [1.54, 1.807) is 19.2 Å². The summed E-state index contributed by atoms with van der Waals surface area (Å²) < 4.78 is 0. The Bertz CT molecular complexity index is 325. The molecule has 2 N–H and O–H groups in total. The van der Waals surface area contributed by atoms with Gasteiger partial charge in [-0.1, -0.05) is 0 Å². The monoisotopic (exact) mass is 182 g/mol. The van der Waals surface area contributed by atoms with Gasteiger partial charge in [-0.05, 0) is 12.1 Å². The molecule has 0 unspecified atom stereocenters. The molecule has 5 heteroatoms. The van der Waals surface area contributed by atoms with Crippen LogP contribution in [0.4, 0.5) is 11.4 Å². The van der Waals surface area contributed by atoms with E-state index >= 15 is 0 Å². The van der Waals surface area contributed by atoms with Gasteiger partial charge in [0.1, 0.15) is 0 Å². The number of nitro groups is 1. The molecule has 70 valence electrons. The van der Waals surface area contributed by atoms with Crippen molar-refractivity contribution in [1.29, 1.82) is 0 Å². The summed E-state index contributed by atoms with van der Waals surface area (Å²) in [6.45, 7) is -0.328. The van der Waals surface area contributed by atoms with Gasteiger partial charge in [0.2, 0.25) is 0 Å². The molecule has 13 heavy (non-hydrogen) atoms. The quantitative estimate of drug-likeness (QED) is 0.542. The van der Waals surface area contributed by atoms with Crippen molar-refractivity contribution in [2.75, 3.05) is 12.4 Å². The molecule has 0 amide bonds. The van der Waals surface area contributed by atoms with Crippen molar-refractivity contribution in [2.45, 2.75) is 6.61 Å². The molecule has 0 aliphatic heterocycles. The maximum Gasteiger partial charge on any atom is 0.275 e. The van der Waals surface area contributed by atoms with E-state index in [1.807, 2.05) is 0 Å². The zero-order chi connectivity index (χ0) is 9.84. The van der Waals surface area contributed by atoms with Crippen LogP contribution in [0.5, 0.6) is 0 Å². The first-order valence-electron chi connectivity index (χ1n) is 3.75. The van der Waals surface area contributed by atoms with Crippen LogP contribution in [0.25, 0.3) is 0 Å². The second-order valence-electron chi connectivity index (χ2n) is 2.51.